The van der Waals surface area contributed by atoms with Gasteiger partial charge in [-0.1, -0.05) is 24.3 Å². The summed E-state index contributed by atoms with van der Waals surface area (Å²) in [4.78, 5) is 4.59. The summed E-state index contributed by atoms with van der Waals surface area (Å²) in [7, 11) is 0. The molecule has 112 valence electrons. The van der Waals surface area contributed by atoms with Gasteiger partial charge in [-0.05, 0) is 37.8 Å². The largest absolute Gasteiger partial charge is 0.389 e. The van der Waals surface area contributed by atoms with Crippen molar-refractivity contribution in [3.8, 4) is 0 Å². The summed E-state index contributed by atoms with van der Waals surface area (Å²) in [5, 5.41) is 12.4. The van der Waals surface area contributed by atoms with Crippen LogP contribution < -0.4 is 0 Å². The molecule has 0 fully saturated rings. The van der Waals surface area contributed by atoms with Gasteiger partial charge in [-0.2, -0.15) is 0 Å². The Morgan fingerprint density at radius 1 is 1.32 bits per heavy atom. The molecule has 2 atom stereocenters. The molecule has 0 radical (unpaired) electrons. The smallest absolute Gasteiger partial charge is 0.0719 e. The van der Waals surface area contributed by atoms with Crippen molar-refractivity contribution in [3.63, 3.8) is 0 Å². The quantitative estimate of drug-likeness (QED) is 0.738. The van der Waals surface area contributed by atoms with Gasteiger partial charge in [0.15, 0.2) is 0 Å². The van der Waals surface area contributed by atoms with E-state index in [2.05, 4.69) is 46.5 Å². The normalized spacial score (nSPS) is 18.7. The first-order chi connectivity index (χ1) is 10.8. The maximum Gasteiger partial charge on any atom is 0.0719 e. The van der Waals surface area contributed by atoms with Crippen LogP contribution in [0.2, 0.25) is 0 Å². The van der Waals surface area contributed by atoms with E-state index in [4.69, 9.17) is 0 Å². The number of aryl methyl sites for hydroxylation is 1. The number of aromatic nitrogens is 2. The molecule has 1 aliphatic heterocycles. The minimum atomic E-state index is -0.410. The SMILES string of the molecule is C=CC(O)CCC1CCc2nccc3c4ccccc4n1c23. The molecule has 0 amide bonds. The van der Waals surface area contributed by atoms with Gasteiger partial charge in [0.25, 0.3) is 0 Å². The van der Waals surface area contributed by atoms with E-state index in [1.807, 2.05) is 6.20 Å². The molecular weight excluding hydrogens is 272 g/mol. The van der Waals surface area contributed by atoms with Crippen molar-refractivity contribution in [1.29, 1.82) is 0 Å². The number of para-hydroxylation sites is 1. The highest BCUT2D eigenvalue weighted by molar-refractivity contribution is 6.08. The zero-order valence-corrected chi connectivity index (χ0v) is 12.6. The van der Waals surface area contributed by atoms with Crippen LogP contribution in [0, 0.1) is 0 Å². The van der Waals surface area contributed by atoms with Crippen molar-refractivity contribution in [2.75, 3.05) is 0 Å². The van der Waals surface area contributed by atoms with Gasteiger partial charge >= 0.3 is 0 Å². The molecule has 0 bridgehead atoms. The molecule has 4 rings (SSSR count). The molecule has 1 aromatic carbocycles. The Labute approximate surface area is 129 Å². The van der Waals surface area contributed by atoms with Crippen molar-refractivity contribution in [2.45, 2.75) is 37.8 Å². The fraction of sp³-hybridized carbons (Fsp3) is 0.316. The lowest BCUT2D eigenvalue weighted by Crippen LogP contribution is -2.18. The molecule has 2 unspecified atom stereocenters. The molecule has 0 aliphatic carbocycles. The van der Waals surface area contributed by atoms with Crippen molar-refractivity contribution in [1.82, 2.24) is 9.55 Å². The van der Waals surface area contributed by atoms with Gasteiger partial charge in [-0.15, -0.1) is 6.58 Å². The third-order valence-electron chi connectivity index (χ3n) is 4.84. The summed E-state index contributed by atoms with van der Waals surface area (Å²) >= 11 is 0. The molecular formula is C19H20N2O. The number of aliphatic hydroxyl groups excluding tert-OH is 1. The monoisotopic (exact) mass is 292 g/mol. The Hall–Kier alpha value is -2.13. The average molecular weight is 292 g/mol. The molecule has 0 spiro atoms. The molecule has 2 aromatic heterocycles. The number of aliphatic hydroxyl groups is 1. The number of benzene rings is 1. The third kappa shape index (κ3) is 1.97. The fourth-order valence-electron chi connectivity index (χ4n) is 3.76. The second-order valence-corrected chi connectivity index (χ2v) is 6.11. The highest BCUT2D eigenvalue weighted by Crippen LogP contribution is 2.39. The van der Waals surface area contributed by atoms with Crippen LogP contribution in [-0.2, 0) is 6.42 Å². The summed E-state index contributed by atoms with van der Waals surface area (Å²) in [6.45, 7) is 3.67. The number of hydrogen-bond acceptors (Lipinski definition) is 2. The Balaban J connectivity index is 1.89. The van der Waals surface area contributed by atoms with Gasteiger partial charge in [0.05, 0.1) is 17.3 Å². The van der Waals surface area contributed by atoms with E-state index in [1.165, 1.54) is 27.5 Å². The van der Waals surface area contributed by atoms with Crippen LogP contribution in [0.3, 0.4) is 0 Å². The van der Waals surface area contributed by atoms with Gasteiger partial charge in [0.1, 0.15) is 0 Å². The van der Waals surface area contributed by atoms with E-state index in [0.717, 1.165) is 25.7 Å². The van der Waals surface area contributed by atoms with Crippen LogP contribution in [0.1, 0.15) is 31.0 Å². The Morgan fingerprint density at radius 2 is 2.18 bits per heavy atom. The van der Waals surface area contributed by atoms with Gasteiger partial charge in [0, 0.05) is 28.5 Å². The number of fused-ring (bicyclic) bond motifs is 3. The third-order valence-corrected chi connectivity index (χ3v) is 4.84. The maximum atomic E-state index is 9.80. The lowest BCUT2D eigenvalue weighted by Gasteiger charge is -2.26. The van der Waals surface area contributed by atoms with Gasteiger partial charge in [0.2, 0.25) is 0 Å². The van der Waals surface area contributed by atoms with E-state index < -0.39 is 6.10 Å². The van der Waals surface area contributed by atoms with E-state index in [9.17, 15) is 5.11 Å². The standard InChI is InChI=1S/C19H20N2O/c1-2-14(22)9-7-13-8-10-17-19-16(11-12-20-17)15-5-3-4-6-18(15)21(13)19/h2-6,11-14,22H,1,7-10H2. The Kier molecular flexibility index (Phi) is 3.23. The van der Waals surface area contributed by atoms with E-state index in [-0.39, 0.29) is 0 Å². The number of nitrogens with zero attached hydrogens (tertiary/aromatic N) is 2. The molecule has 0 saturated carbocycles. The van der Waals surface area contributed by atoms with Gasteiger partial charge < -0.3 is 9.67 Å². The first kappa shape index (κ1) is 13.5. The molecule has 1 aliphatic rings. The van der Waals surface area contributed by atoms with Crippen LogP contribution in [0.5, 0.6) is 0 Å². The highest BCUT2D eigenvalue weighted by atomic mass is 16.3. The first-order valence-electron chi connectivity index (χ1n) is 7.96. The second kappa shape index (κ2) is 5.25. The average Bonchev–Trinajstić information content (AvgIpc) is 2.91. The Morgan fingerprint density at radius 3 is 3.05 bits per heavy atom. The van der Waals surface area contributed by atoms with Crippen LogP contribution in [0.25, 0.3) is 21.8 Å². The Bertz CT molecular complexity index is 849. The summed E-state index contributed by atoms with van der Waals surface area (Å²) in [5.74, 6) is 0. The molecule has 3 heterocycles. The lowest BCUT2D eigenvalue weighted by atomic mass is 9.98. The molecule has 3 aromatic rings. The van der Waals surface area contributed by atoms with Crippen LogP contribution in [-0.4, -0.2) is 20.8 Å². The lowest BCUT2D eigenvalue weighted by molar-refractivity contribution is 0.199. The molecule has 1 N–H and O–H groups in total. The summed E-state index contributed by atoms with van der Waals surface area (Å²) in [5.41, 5.74) is 3.77. The van der Waals surface area contributed by atoms with Crippen LogP contribution in [0.15, 0.2) is 49.2 Å². The number of hydrogen-bond donors (Lipinski definition) is 1. The summed E-state index contributed by atoms with van der Waals surface area (Å²) in [6.07, 6.45) is 6.97. The second-order valence-electron chi connectivity index (χ2n) is 6.11. The van der Waals surface area contributed by atoms with Gasteiger partial charge in [-0.3, -0.25) is 4.98 Å². The van der Waals surface area contributed by atoms with Gasteiger partial charge in [-0.25, -0.2) is 0 Å². The van der Waals surface area contributed by atoms with Crippen molar-refractivity contribution in [3.05, 3.63) is 54.9 Å². The number of pyridine rings is 1. The molecule has 3 heteroatoms. The minimum Gasteiger partial charge on any atom is -0.389 e. The van der Waals surface area contributed by atoms with Crippen molar-refractivity contribution < 1.29 is 5.11 Å². The number of rotatable bonds is 4. The van der Waals surface area contributed by atoms with E-state index >= 15 is 0 Å². The first-order valence-corrected chi connectivity index (χ1v) is 7.96. The predicted octanol–water partition coefficient (Wildman–Crippen LogP) is 4.00. The fourth-order valence-corrected chi connectivity index (χ4v) is 3.76. The summed E-state index contributed by atoms with van der Waals surface area (Å²) in [6, 6.07) is 11.1. The van der Waals surface area contributed by atoms with E-state index in [1.54, 1.807) is 6.08 Å². The summed E-state index contributed by atoms with van der Waals surface area (Å²) < 4.78 is 2.45. The molecule has 0 saturated heterocycles. The predicted molar refractivity (Wildman–Crippen MR) is 90.0 cm³/mol. The topological polar surface area (TPSA) is 38.1 Å². The zero-order chi connectivity index (χ0) is 15.1. The molecule has 3 nitrogen and oxygen atoms in total. The van der Waals surface area contributed by atoms with E-state index in [0.29, 0.717) is 6.04 Å². The molecule has 22 heavy (non-hydrogen) atoms. The van der Waals surface area contributed by atoms with Crippen LogP contribution >= 0.6 is 0 Å². The van der Waals surface area contributed by atoms with Crippen molar-refractivity contribution >= 4 is 21.8 Å². The maximum absolute atomic E-state index is 9.80. The van der Waals surface area contributed by atoms with Crippen molar-refractivity contribution in [2.24, 2.45) is 0 Å². The minimum absolute atomic E-state index is 0.410. The van der Waals surface area contributed by atoms with Crippen LogP contribution in [0.4, 0.5) is 0 Å². The zero-order valence-electron chi connectivity index (χ0n) is 12.6. The highest BCUT2D eigenvalue weighted by Gasteiger charge is 2.25.